The SMILES string of the molecule is Cc1ccnc(-c2cc(C(=O)NC(CS(=O)(=O)O)C(=O)NCCCCC(=O)ON3C(=O)CCC3=O)ccn2)c1. The van der Waals surface area contributed by atoms with Gasteiger partial charge in [-0.05, 0) is 49.6 Å². The van der Waals surface area contributed by atoms with Crippen LogP contribution in [0.1, 0.15) is 48.0 Å². The van der Waals surface area contributed by atoms with E-state index in [1.165, 1.54) is 18.3 Å². The summed E-state index contributed by atoms with van der Waals surface area (Å²) < 4.78 is 32.2. The molecule has 1 aliphatic heterocycles. The average molecular weight is 562 g/mol. The zero-order chi connectivity index (χ0) is 28.6. The van der Waals surface area contributed by atoms with Crippen molar-refractivity contribution in [3.05, 3.63) is 47.8 Å². The van der Waals surface area contributed by atoms with Crippen LogP contribution >= 0.6 is 0 Å². The highest BCUT2D eigenvalue weighted by Crippen LogP contribution is 2.17. The molecule has 2 aromatic heterocycles. The number of carbonyl (C=O) groups is 5. The molecule has 3 heterocycles. The number of nitrogens with one attached hydrogen (secondary N) is 2. The molecule has 1 aliphatic rings. The van der Waals surface area contributed by atoms with Crippen LogP contribution in [0.4, 0.5) is 0 Å². The zero-order valence-corrected chi connectivity index (χ0v) is 21.8. The van der Waals surface area contributed by atoms with Gasteiger partial charge >= 0.3 is 5.97 Å². The molecule has 0 radical (unpaired) electrons. The summed E-state index contributed by atoms with van der Waals surface area (Å²) in [6, 6.07) is 4.76. The summed E-state index contributed by atoms with van der Waals surface area (Å²) in [5, 5.41) is 5.19. The van der Waals surface area contributed by atoms with Gasteiger partial charge in [0.2, 0.25) is 5.91 Å². The first-order valence-electron chi connectivity index (χ1n) is 11.9. The Kier molecular flexibility index (Phi) is 9.78. The maximum Gasteiger partial charge on any atom is 0.333 e. The molecule has 208 valence electrons. The standard InChI is InChI=1S/C24H27N5O9S/c1-15-7-10-25-17(12-15)18-13-16(8-11-26-18)23(33)28-19(14-39(35,36)37)24(34)27-9-3-2-4-22(32)38-29-20(30)5-6-21(29)31/h7-8,10-13,19H,2-6,9,14H2,1H3,(H,27,34)(H,28,33)(H,35,36,37). The van der Waals surface area contributed by atoms with Gasteiger partial charge < -0.3 is 15.5 Å². The third-order valence-corrected chi connectivity index (χ3v) is 6.26. The van der Waals surface area contributed by atoms with Gasteiger partial charge in [-0.1, -0.05) is 0 Å². The monoisotopic (exact) mass is 561 g/mol. The van der Waals surface area contributed by atoms with Crippen LogP contribution in [0.2, 0.25) is 0 Å². The van der Waals surface area contributed by atoms with Gasteiger partial charge in [0, 0.05) is 43.8 Å². The molecule has 0 spiro atoms. The van der Waals surface area contributed by atoms with Crippen molar-refractivity contribution in [3.63, 3.8) is 0 Å². The van der Waals surface area contributed by atoms with Gasteiger partial charge in [0.25, 0.3) is 27.8 Å². The normalized spacial score (nSPS) is 14.2. The Morgan fingerprint density at radius 2 is 1.69 bits per heavy atom. The van der Waals surface area contributed by atoms with E-state index < -0.39 is 51.5 Å². The Balaban J connectivity index is 1.53. The van der Waals surface area contributed by atoms with Gasteiger partial charge in [0.05, 0.1) is 11.4 Å². The molecule has 1 atom stereocenters. The molecule has 15 heteroatoms. The summed E-state index contributed by atoms with van der Waals surface area (Å²) in [6.45, 7) is 1.87. The number of nitrogens with zero attached hydrogens (tertiary/aromatic N) is 3. The first-order valence-corrected chi connectivity index (χ1v) is 13.5. The van der Waals surface area contributed by atoms with Crippen molar-refractivity contribution in [2.24, 2.45) is 0 Å². The van der Waals surface area contributed by atoms with E-state index in [1.807, 2.05) is 6.92 Å². The average Bonchev–Trinajstić information content (AvgIpc) is 3.19. The molecular formula is C24H27N5O9S. The van der Waals surface area contributed by atoms with Crippen LogP contribution in [0.15, 0.2) is 36.7 Å². The highest BCUT2D eigenvalue weighted by Gasteiger charge is 2.32. The summed E-state index contributed by atoms with van der Waals surface area (Å²) in [5.41, 5.74) is 1.92. The summed E-state index contributed by atoms with van der Waals surface area (Å²) in [7, 11) is -4.64. The molecule has 3 rings (SSSR count). The number of amides is 4. The van der Waals surface area contributed by atoms with E-state index in [2.05, 4.69) is 20.6 Å². The maximum absolute atomic E-state index is 12.8. The third kappa shape index (κ3) is 8.93. The molecule has 1 unspecified atom stereocenters. The lowest BCUT2D eigenvalue weighted by molar-refractivity contribution is -0.197. The molecule has 3 N–H and O–H groups in total. The molecule has 4 amide bonds. The lowest BCUT2D eigenvalue weighted by Gasteiger charge is -2.17. The summed E-state index contributed by atoms with van der Waals surface area (Å²) in [5.74, 6) is -4.69. The third-order valence-electron chi connectivity index (χ3n) is 5.50. The van der Waals surface area contributed by atoms with E-state index in [4.69, 9.17) is 4.84 Å². The molecule has 2 aromatic rings. The first kappa shape index (κ1) is 29.3. The number of aryl methyl sites for hydroxylation is 1. The van der Waals surface area contributed by atoms with E-state index in [0.717, 1.165) is 5.56 Å². The Labute approximate surface area is 223 Å². The van der Waals surface area contributed by atoms with Gasteiger partial charge in [-0.25, -0.2) is 4.79 Å². The molecule has 1 saturated heterocycles. The van der Waals surface area contributed by atoms with Gasteiger partial charge in [-0.3, -0.25) is 33.7 Å². The number of carbonyl (C=O) groups excluding carboxylic acids is 5. The number of unbranched alkanes of at least 4 members (excludes halogenated alkanes) is 1. The molecule has 0 aliphatic carbocycles. The molecule has 0 bridgehead atoms. The van der Waals surface area contributed by atoms with Gasteiger partial charge in [0.15, 0.2) is 0 Å². The Morgan fingerprint density at radius 1 is 1.05 bits per heavy atom. The molecular weight excluding hydrogens is 534 g/mol. The minimum atomic E-state index is -4.64. The smallest absolute Gasteiger partial charge is 0.333 e. The highest BCUT2D eigenvalue weighted by atomic mass is 32.2. The van der Waals surface area contributed by atoms with Crippen LogP contribution in [-0.2, 0) is 34.1 Å². The molecule has 14 nitrogen and oxygen atoms in total. The van der Waals surface area contributed by atoms with Gasteiger partial charge in [-0.2, -0.15) is 8.42 Å². The van der Waals surface area contributed by atoms with Crippen molar-refractivity contribution in [1.29, 1.82) is 0 Å². The van der Waals surface area contributed by atoms with Crippen molar-refractivity contribution in [3.8, 4) is 11.4 Å². The fraction of sp³-hybridized carbons (Fsp3) is 0.375. The fourth-order valence-corrected chi connectivity index (χ4v) is 4.21. The predicted molar refractivity (Wildman–Crippen MR) is 134 cm³/mol. The fourth-order valence-electron chi connectivity index (χ4n) is 3.56. The Morgan fingerprint density at radius 3 is 2.33 bits per heavy atom. The number of hydroxylamine groups is 2. The number of rotatable bonds is 12. The van der Waals surface area contributed by atoms with Crippen LogP contribution in [0.5, 0.6) is 0 Å². The van der Waals surface area contributed by atoms with Crippen LogP contribution in [-0.4, -0.2) is 75.9 Å². The quantitative estimate of drug-likeness (QED) is 0.183. The maximum atomic E-state index is 12.8. The topological polar surface area (TPSA) is 202 Å². The predicted octanol–water partition coefficient (Wildman–Crippen LogP) is 0.332. The number of hydrogen-bond donors (Lipinski definition) is 3. The molecule has 1 fully saturated rings. The van der Waals surface area contributed by atoms with E-state index in [0.29, 0.717) is 16.5 Å². The molecule has 0 saturated carbocycles. The summed E-state index contributed by atoms with van der Waals surface area (Å²) >= 11 is 0. The largest absolute Gasteiger partial charge is 0.354 e. The van der Waals surface area contributed by atoms with E-state index >= 15 is 0 Å². The highest BCUT2D eigenvalue weighted by molar-refractivity contribution is 7.85. The number of pyridine rings is 2. The lowest BCUT2D eigenvalue weighted by atomic mass is 10.1. The minimum Gasteiger partial charge on any atom is -0.354 e. The second kappa shape index (κ2) is 13.0. The van der Waals surface area contributed by atoms with E-state index in [-0.39, 0.29) is 44.2 Å². The van der Waals surface area contributed by atoms with Gasteiger partial charge in [0.1, 0.15) is 11.8 Å². The van der Waals surface area contributed by atoms with E-state index in [9.17, 15) is 36.9 Å². The van der Waals surface area contributed by atoms with Crippen LogP contribution in [0, 0.1) is 6.92 Å². The summed E-state index contributed by atoms with van der Waals surface area (Å²) in [4.78, 5) is 73.4. The van der Waals surface area contributed by atoms with Crippen molar-refractivity contribution in [2.75, 3.05) is 12.3 Å². The summed E-state index contributed by atoms with van der Waals surface area (Å²) in [6.07, 6.45) is 3.25. The van der Waals surface area contributed by atoms with Crippen LogP contribution in [0.25, 0.3) is 11.4 Å². The van der Waals surface area contributed by atoms with Crippen molar-refractivity contribution in [1.82, 2.24) is 25.7 Å². The van der Waals surface area contributed by atoms with Crippen molar-refractivity contribution < 1.29 is 41.8 Å². The Bertz CT molecular complexity index is 1360. The minimum absolute atomic E-state index is 0.00394. The van der Waals surface area contributed by atoms with Crippen LogP contribution < -0.4 is 10.6 Å². The number of imide groups is 1. The number of hydrogen-bond acceptors (Lipinski definition) is 10. The number of aromatic nitrogens is 2. The van der Waals surface area contributed by atoms with Crippen LogP contribution in [0.3, 0.4) is 0 Å². The molecule has 39 heavy (non-hydrogen) atoms. The second-order valence-corrected chi connectivity index (χ2v) is 10.2. The van der Waals surface area contributed by atoms with Gasteiger partial charge in [-0.15, -0.1) is 5.06 Å². The second-order valence-electron chi connectivity index (χ2n) is 8.72. The lowest BCUT2D eigenvalue weighted by Crippen LogP contribution is -2.50. The zero-order valence-electron chi connectivity index (χ0n) is 21.0. The molecule has 0 aromatic carbocycles. The van der Waals surface area contributed by atoms with Crippen molar-refractivity contribution >= 4 is 39.7 Å². The Hall–Kier alpha value is -4.24. The first-order chi connectivity index (χ1) is 18.4. The van der Waals surface area contributed by atoms with Crippen molar-refractivity contribution in [2.45, 2.75) is 45.1 Å². The van der Waals surface area contributed by atoms with E-state index in [1.54, 1.807) is 18.3 Å².